The summed E-state index contributed by atoms with van der Waals surface area (Å²) in [7, 11) is -3.84. The molecule has 0 spiro atoms. The molecular weight excluding hydrogens is 338 g/mol. The Bertz CT molecular complexity index is 1000. The molecule has 25 heavy (non-hydrogen) atoms. The van der Waals surface area contributed by atoms with Crippen molar-refractivity contribution >= 4 is 15.7 Å². The topological polar surface area (TPSA) is 103 Å². The molecule has 0 aliphatic rings. The molecule has 1 N–H and O–H groups in total. The van der Waals surface area contributed by atoms with Crippen LogP contribution in [-0.2, 0) is 10.0 Å². The molecule has 0 aliphatic carbocycles. The van der Waals surface area contributed by atoms with Crippen molar-refractivity contribution in [2.24, 2.45) is 0 Å². The zero-order valence-corrected chi connectivity index (χ0v) is 15.2. The van der Waals surface area contributed by atoms with Crippen LogP contribution in [0.15, 0.2) is 35.2 Å². The highest BCUT2D eigenvalue weighted by Gasteiger charge is 2.16. The second kappa shape index (κ2) is 6.29. The number of aromatic nitrogens is 4. The first-order valence-electron chi connectivity index (χ1n) is 7.69. The van der Waals surface area contributed by atoms with E-state index in [9.17, 15) is 8.42 Å². The summed E-state index contributed by atoms with van der Waals surface area (Å²) in [6.45, 7) is 7.41. The lowest BCUT2D eigenvalue weighted by Crippen LogP contribution is -2.06. The molecule has 1 heterocycles. The molecule has 0 aliphatic heterocycles. The number of nitrogens with zero attached hydrogens (tertiary/aromatic N) is 4. The fourth-order valence-corrected chi connectivity index (χ4v) is 4.32. The van der Waals surface area contributed by atoms with Crippen molar-refractivity contribution in [1.82, 2.24) is 20.6 Å². The predicted octanol–water partition coefficient (Wildman–Crippen LogP) is 3.49. The first-order valence-corrected chi connectivity index (χ1v) is 9.13. The standard InChI is InChI=1S/C17H18N5O2S/c1-10-8-11(2)13(4)16(12(10)3)25(23,24)20-15-7-5-6-14(9-15)17-18-21-22-19-17/h5-9H,1-4H3,(H,18,19,21,22)/q-1. The highest BCUT2D eigenvalue weighted by atomic mass is 32.2. The average molecular weight is 356 g/mol. The Morgan fingerprint density at radius 3 is 2.28 bits per heavy atom. The van der Waals surface area contributed by atoms with Gasteiger partial charge in [0.2, 0.25) is 5.82 Å². The summed E-state index contributed by atoms with van der Waals surface area (Å²) in [5.41, 5.74) is 4.26. The number of benzene rings is 2. The van der Waals surface area contributed by atoms with Gasteiger partial charge in [0.1, 0.15) is 10.0 Å². The Morgan fingerprint density at radius 1 is 1.00 bits per heavy atom. The SMILES string of the molecule is Cc1cc(C)c(C)c(S(=O)(=O)[N-]c2cccc(-c3nn[nH]n3)c2)c1C. The Labute approximate surface area is 146 Å². The highest BCUT2D eigenvalue weighted by molar-refractivity contribution is 7.94. The van der Waals surface area contributed by atoms with Crippen LogP contribution in [-0.4, -0.2) is 29.0 Å². The third-order valence-electron chi connectivity index (χ3n) is 4.23. The largest absolute Gasteiger partial charge is 0.573 e. The van der Waals surface area contributed by atoms with Gasteiger partial charge in [0.25, 0.3) is 0 Å². The van der Waals surface area contributed by atoms with Crippen LogP contribution in [0.5, 0.6) is 0 Å². The van der Waals surface area contributed by atoms with Crippen LogP contribution in [0, 0.1) is 27.7 Å². The van der Waals surface area contributed by atoms with Gasteiger partial charge in [0.15, 0.2) is 0 Å². The van der Waals surface area contributed by atoms with Crippen LogP contribution < -0.4 is 0 Å². The molecule has 0 fully saturated rings. The smallest absolute Gasteiger partial charge is 0.204 e. The lowest BCUT2D eigenvalue weighted by molar-refractivity contribution is 0.602. The van der Waals surface area contributed by atoms with E-state index in [0.717, 1.165) is 22.3 Å². The van der Waals surface area contributed by atoms with Gasteiger partial charge in [-0.2, -0.15) is 5.21 Å². The minimum Gasteiger partial charge on any atom is -0.573 e. The molecule has 8 heteroatoms. The van der Waals surface area contributed by atoms with Crippen molar-refractivity contribution in [3.63, 3.8) is 0 Å². The predicted molar refractivity (Wildman–Crippen MR) is 95.2 cm³/mol. The monoisotopic (exact) mass is 356 g/mol. The first-order chi connectivity index (χ1) is 11.8. The van der Waals surface area contributed by atoms with Crippen LogP contribution in [0.1, 0.15) is 22.3 Å². The summed E-state index contributed by atoms with van der Waals surface area (Å²) in [5.74, 6) is 0.383. The molecule has 0 unspecified atom stereocenters. The molecular formula is C17H18N5O2S-. The molecule has 2 aromatic carbocycles. The number of nitrogens with one attached hydrogen (secondary N) is 1. The highest BCUT2D eigenvalue weighted by Crippen LogP contribution is 2.35. The van der Waals surface area contributed by atoms with Gasteiger partial charge in [0, 0.05) is 5.56 Å². The minimum absolute atomic E-state index is 0.273. The van der Waals surface area contributed by atoms with Gasteiger partial charge in [-0.15, -0.1) is 15.9 Å². The van der Waals surface area contributed by atoms with Crippen LogP contribution >= 0.6 is 0 Å². The Balaban J connectivity index is 2.03. The number of rotatable bonds is 4. The van der Waals surface area contributed by atoms with E-state index in [4.69, 9.17) is 0 Å². The Kier molecular flexibility index (Phi) is 4.30. The van der Waals surface area contributed by atoms with Gasteiger partial charge in [-0.25, -0.2) is 8.42 Å². The second-order valence-corrected chi connectivity index (χ2v) is 7.48. The van der Waals surface area contributed by atoms with Crippen LogP contribution in [0.3, 0.4) is 0 Å². The van der Waals surface area contributed by atoms with Gasteiger partial charge < -0.3 is 4.72 Å². The van der Waals surface area contributed by atoms with E-state index >= 15 is 0 Å². The van der Waals surface area contributed by atoms with Gasteiger partial charge in [-0.1, -0.05) is 30.3 Å². The van der Waals surface area contributed by atoms with Crippen molar-refractivity contribution in [2.45, 2.75) is 32.6 Å². The number of tetrazole rings is 1. The minimum atomic E-state index is -3.84. The summed E-state index contributed by atoms with van der Waals surface area (Å²) in [4.78, 5) is 0.273. The fourth-order valence-electron chi connectivity index (χ4n) is 2.74. The number of sulfonamides is 1. The van der Waals surface area contributed by atoms with E-state index in [2.05, 4.69) is 25.3 Å². The van der Waals surface area contributed by atoms with Gasteiger partial charge in [0.05, 0.1) is 4.90 Å². The third kappa shape index (κ3) is 3.25. The second-order valence-electron chi connectivity index (χ2n) is 5.94. The molecule has 3 rings (SSSR count). The quantitative estimate of drug-likeness (QED) is 0.771. The molecule has 0 saturated heterocycles. The van der Waals surface area contributed by atoms with Crippen molar-refractivity contribution < 1.29 is 8.42 Å². The zero-order valence-electron chi connectivity index (χ0n) is 14.4. The average Bonchev–Trinajstić information content (AvgIpc) is 3.07. The number of H-pyrrole nitrogens is 1. The molecule has 0 saturated carbocycles. The van der Waals surface area contributed by atoms with E-state index in [1.54, 1.807) is 38.1 Å². The van der Waals surface area contributed by atoms with Gasteiger partial charge in [-0.05, 0) is 55.2 Å². The van der Waals surface area contributed by atoms with E-state index in [-0.39, 0.29) is 4.90 Å². The third-order valence-corrected chi connectivity index (χ3v) is 5.81. The molecule has 3 aromatic rings. The van der Waals surface area contributed by atoms with Crippen molar-refractivity contribution in [3.8, 4) is 11.4 Å². The maximum atomic E-state index is 12.9. The molecule has 0 atom stereocenters. The molecule has 0 amide bonds. The van der Waals surface area contributed by atoms with Crippen LogP contribution in [0.2, 0.25) is 0 Å². The Morgan fingerprint density at radius 2 is 1.68 bits per heavy atom. The van der Waals surface area contributed by atoms with Gasteiger partial charge >= 0.3 is 0 Å². The molecule has 7 nitrogen and oxygen atoms in total. The normalized spacial score (nSPS) is 11.5. The summed E-state index contributed by atoms with van der Waals surface area (Å²) >= 11 is 0. The van der Waals surface area contributed by atoms with E-state index < -0.39 is 10.0 Å². The first kappa shape index (κ1) is 17.1. The Hall–Kier alpha value is -2.74. The summed E-state index contributed by atoms with van der Waals surface area (Å²) < 4.78 is 29.9. The lowest BCUT2D eigenvalue weighted by atomic mass is 10.0. The molecule has 130 valence electrons. The van der Waals surface area contributed by atoms with Crippen molar-refractivity contribution in [1.29, 1.82) is 0 Å². The maximum absolute atomic E-state index is 12.9. The number of hydrogen-bond donors (Lipinski definition) is 1. The molecule has 1 aromatic heterocycles. The number of aromatic amines is 1. The zero-order chi connectivity index (χ0) is 18.2. The molecule has 0 bridgehead atoms. The lowest BCUT2D eigenvalue weighted by Gasteiger charge is -2.26. The summed E-state index contributed by atoms with van der Waals surface area (Å²) in [6.07, 6.45) is 0. The van der Waals surface area contributed by atoms with Crippen molar-refractivity contribution in [2.75, 3.05) is 0 Å². The van der Waals surface area contributed by atoms with Crippen molar-refractivity contribution in [3.05, 3.63) is 57.3 Å². The fraction of sp³-hybridized carbons (Fsp3) is 0.235. The summed E-state index contributed by atoms with van der Waals surface area (Å²) in [6, 6.07) is 8.72. The van der Waals surface area contributed by atoms with Gasteiger partial charge in [-0.3, -0.25) is 0 Å². The van der Waals surface area contributed by atoms with E-state index in [1.165, 1.54) is 0 Å². The van der Waals surface area contributed by atoms with E-state index in [1.807, 2.05) is 19.9 Å². The van der Waals surface area contributed by atoms with E-state index in [0.29, 0.717) is 17.1 Å². The van der Waals surface area contributed by atoms with Crippen LogP contribution in [0.4, 0.5) is 5.69 Å². The number of hydrogen-bond acceptors (Lipinski definition) is 5. The number of aryl methyl sites for hydroxylation is 2. The maximum Gasteiger partial charge on any atom is 0.204 e. The summed E-state index contributed by atoms with van der Waals surface area (Å²) in [5, 5.41) is 13.7. The van der Waals surface area contributed by atoms with Crippen LogP contribution in [0.25, 0.3) is 16.1 Å². The molecule has 0 radical (unpaired) electrons.